The van der Waals surface area contributed by atoms with E-state index in [9.17, 15) is 37.5 Å². The number of fused-ring (bicyclic) bond motifs is 8. The lowest BCUT2D eigenvalue weighted by atomic mass is 9.81. The Labute approximate surface area is 775 Å². The molecule has 0 atom stereocenters. The van der Waals surface area contributed by atoms with Crippen molar-refractivity contribution in [2.24, 2.45) is 23.7 Å². The van der Waals surface area contributed by atoms with E-state index in [1.54, 1.807) is 49.2 Å². The highest BCUT2D eigenvalue weighted by molar-refractivity contribution is 7.23. The van der Waals surface area contributed by atoms with Gasteiger partial charge in [0.25, 0.3) is 0 Å². The number of nitrogen functional groups attached to an aromatic ring is 4. The van der Waals surface area contributed by atoms with Crippen LogP contribution in [-0.4, -0.2) is 145 Å². The number of thiophene rings is 1. The van der Waals surface area contributed by atoms with Crippen LogP contribution in [0.5, 0.6) is 5.75 Å². The number of methoxy groups -OCH3 is 1. The molecule has 17 aromatic rings. The van der Waals surface area contributed by atoms with Gasteiger partial charge in [-0.3, -0.25) is 28.0 Å². The Morgan fingerprint density at radius 3 is 1.43 bits per heavy atom. The minimum absolute atomic E-state index is 0.0103. The highest BCUT2D eigenvalue weighted by atomic mass is 35.5. The molecule has 4 saturated carbocycles. The molecule has 15 N–H and O–H groups in total. The number of aromatic nitrogens is 17. The third kappa shape index (κ3) is 18.6. The second-order valence-electron chi connectivity index (χ2n) is 35.0. The van der Waals surface area contributed by atoms with Crippen LogP contribution in [0.2, 0.25) is 10.0 Å². The fourth-order valence-electron chi connectivity index (χ4n) is 19.7. The number of halogens is 5. The van der Waals surface area contributed by atoms with E-state index in [-0.39, 0.29) is 47.9 Å². The number of para-hydroxylation sites is 3. The van der Waals surface area contributed by atoms with Gasteiger partial charge in [-0.2, -0.15) is 23.4 Å². The maximum atomic E-state index is 12.5. The Bertz CT molecular complexity index is 7220. The maximum Gasteiger partial charge on any atom is 0.471 e. The van der Waals surface area contributed by atoms with Crippen LogP contribution in [0.25, 0.3) is 121 Å². The minimum atomic E-state index is -4.85. The van der Waals surface area contributed by atoms with Crippen molar-refractivity contribution in [3.63, 3.8) is 0 Å². The standard InChI is InChI=1S/C29H31N7O2.C25H27F3N6O.C23H24ClN5OS.C20H19ClN6O2/c1-17(37)31-15-18-9-11-19(12-10-18)29-35-26(27-28(30)32-16-33-36(27)29)24-14-21-6-4-8-23(25(21)34-24)20-5-3-7-22(13-20)38-2;1-2-15-4-3-5-17-12-18(32-19(15)17)20-21-22(29)30-10-11-34(21)23(33-20)16-8-6-14(7-9-16)13-31-24(35)25(26,27)28;1-13(30)27-12-14-5-7-15(8-6-14)23-28-19(20-22(25)26-9-10-29(20)23)18-11-16-3-2-4-17(24)21(16)31-18;21-13-3-1-2-12-8-14(25-15(12)13)16-17-18(22)23-9-24-27(17)19(26-16)10-4-6-11(7-5-10)20(28)29/h3-8,13-14,16,18-19,34H,9-12,15H2,1-2H3,(H,31,37)(H2,30,32,33);3-5,10-12,14,16,32H,2,6-9,13H2,1H3,(H2,29,30)(H,31,35);2-4,9-11,14-15H,5-8,12H2,1H3,(H2,25,26)(H,27,30);1-3,8-11,25H,4-7H2,(H,28,29)(H2,22,23,24). The topological polar surface area (TPSA) is 432 Å². The van der Waals surface area contributed by atoms with Crippen molar-refractivity contribution in [2.75, 3.05) is 49.7 Å². The van der Waals surface area contributed by atoms with Crippen LogP contribution in [0.15, 0.2) is 159 Å². The Balaban J connectivity index is 0.000000119. The van der Waals surface area contributed by atoms with Gasteiger partial charge in [-0.25, -0.2) is 48.9 Å². The maximum absolute atomic E-state index is 12.5. The Morgan fingerprint density at radius 2 is 0.925 bits per heavy atom. The van der Waals surface area contributed by atoms with Crippen LogP contribution >= 0.6 is 34.5 Å². The molecular formula is C97H101Cl2F3N24O6S. The zero-order valence-corrected chi connectivity index (χ0v) is 76.0. The molecule has 4 fully saturated rings. The van der Waals surface area contributed by atoms with Crippen molar-refractivity contribution in [3.8, 4) is 61.6 Å². The molecule has 5 aromatic carbocycles. The molecule has 30 nitrogen and oxygen atoms in total. The number of hydrogen-bond donors (Lipinski definition) is 11. The van der Waals surface area contributed by atoms with Gasteiger partial charge in [-0.05, 0) is 192 Å². The summed E-state index contributed by atoms with van der Waals surface area (Å²) in [5.41, 5.74) is 40.1. The highest BCUT2D eigenvalue weighted by Gasteiger charge is 2.40. The average Bonchev–Trinajstić information content (AvgIpc) is 1.61. The van der Waals surface area contributed by atoms with E-state index < -0.39 is 18.1 Å². The number of imidazole rings is 4. The van der Waals surface area contributed by atoms with Gasteiger partial charge in [-0.15, -0.1) is 11.3 Å². The normalized spacial score (nSPS) is 18.8. The average molecular weight is 1860 g/mol. The molecule has 3 amide bonds. The van der Waals surface area contributed by atoms with Crippen molar-refractivity contribution in [3.05, 3.63) is 198 Å². The Morgan fingerprint density at radius 1 is 0.496 bits per heavy atom. The number of hydrogen-bond acceptors (Lipinski definition) is 20. The molecular weight excluding hydrogens is 1760 g/mol. The predicted molar refractivity (Wildman–Crippen MR) is 512 cm³/mol. The number of nitrogens with two attached hydrogens (primary N) is 4. The van der Waals surface area contributed by atoms with E-state index in [1.165, 1.54) is 18.2 Å². The molecule has 686 valence electrons. The van der Waals surface area contributed by atoms with Crippen LogP contribution in [0.3, 0.4) is 0 Å². The lowest BCUT2D eigenvalue weighted by molar-refractivity contribution is -0.173. The van der Waals surface area contributed by atoms with Gasteiger partial charge in [0.2, 0.25) is 11.8 Å². The van der Waals surface area contributed by atoms with Crippen molar-refractivity contribution in [1.82, 2.24) is 98.8 Å². The lowest BCUT2D eigenvalue weighted by Gasteiger charge is -2.28. The molecule has 36 heteroatoms. The molecule has 0 unspecified atom stereocenters. The Hall–Kier alpha value is -13.7. The first-order chi connectivity index (χ1) is 64.3. The van der Waals surface area contributed by atoms with E-state index in [0.29, 0.717) is 82.9 Å². The molecule has 133 heavy (non-hydrogen) atoms. The van der Waals surface area contributed by atoms with Crippen molar-refractivity contribution < 1.29 is 42.2 Å². The second-order valence-corrected chi connectivity index (χ2v) is 36.9. The van der Waals surface area contributed by atoms with Crippen molar-refractivity contribution in [1.29, 1.82) is 0 Å². The summed E-state index contributed by atoms with van der Waals surface area (Å²) in [5.74, 6) is 5.12. The fourth-order valence-corrected chi connectivity index (χ4v) is 21.3. The molecule has 12 heterocycles. The molecule has 0 saturated heterocycles. The number of benzene rings is 5. The number of ether oxygens (including phenoxy) is 1. The number of anilines is 4. The van der Waals surface area contributed by atoms with Gasteiger partial charge < -0.3 is 63.7 Å². The van der Waals surface area contributed by atoms with E-state index in [2.05, 4.69) is 128 Å². The quantitative estimate of drug-likeness (QED) is 0.0380. The number of nitrogens with zero attached hydrogens (tertiary/aromatic N) is 14. The largest absolute Gasteiger partial charge is 0.497 e. The molecule has 0 aliphatic heterocycles. The minimum Gasteiger partial charge on any atom is -0.497 e. The van der Waals surface area contributed by atoms with Crippen LogP contribution < -0.4 is 43.6 Å². The van der Waals surface area contributed by atoms with E-state index in [0.717, 1.165) is 240 Å². The number of aliphatic carboxylic acids is 1. The number of aromatic amines is 3. The van der Waals surface area contributed by atoms with Crippen LogP contribution in [0, 0.1) is 23.7 Å². The zero-order valence-electron chi connectivity index (χ0n) is 73.6. The Kier molecular flexibility index (Phi) is 25.8. The third-order valence-electron chi connectivity index (χ3n) is 26.6. The second kappa shape index (κ2) is 38.2. The first-order valence-corrected chi connectivity index (χ1v) is 46.5. The van der Waals surface area contributed by atoms with Crippen LogP contribution in [-0.2, 0) is 25.6 Å². The first kappa shape index (κ1) is 89.8. The number of aryl methyl sites for hydroxylation is 1. The lowest BCUT2D eigenvalue weighted by Crippen LogP contribution is -2.40. The molecule has 0 radical (unpaired) electrons. The fraction of sp³-hybridized carbons (Fsp3) is 0.340. The van der Waals surface area contributed by atoms with Crippen LogP contribution in [0.1, 0.15) is 176 Å². The van der Waals surface area contributed by atoms with Gasteiger partial charge in [0.15, 0.2) is 11.6 Å². The number of carboxylic acids is 1. The van der Waals surface area contributed by atoms with E-state index in [4.69, 9.17) is 70.8 Å². The molecule has 4 aliphatic carbocycles. The molecule has 4 aliphatic rings. The number of nitrogens with one attached hydrogen (secondary N) is 6. The number of carboxylic acid groups (broad SMARTS) is 1. The monoisotopic (exact) mass is 1860 g/mol. The van der Waals surface area contributed by atoms with Crippen molar-refractivity contribution >= 4 is 146 Å². The number of rotatable bonds is 18. The summed E-state index contributed by atoms with van der Waals surface area (Å²) in [7, 11) is 1.68. The number of alkyl halides is 3. The van der Waals surface area contributed by atoms with Gasteiger partial charge >= 0.3 is 18.1 Å². The summed E-state index contributed by atoms with van der Waals surface area (Å²) >= 11 is 14.4. The highest BCUT2D eigenvalue weighted by Crippen LogP contribution is 2.47. The smallest absolute Gasteiger partial charge is 0.471 e. The van der Waals surface area contributed by atoms with E-state index >= 15 is 0 Å². The molecule has 0 bridgehead atoms. The van der Waals surface area contributed by atoms with Gasteiger partial charge in [0.05, 0.1) is 60.8 Å². The van der Waals surface area contributed by atoms with Gasteiger partial charge in [0, 0.05) is 109 Å². The van der Waals surface area contributed by atoms with E-state index in [1.807, 2.05) is 87.3 Å². The van der Waals surface area contributed by atoms with Gasteiger partial charge in [-0.1, -0.05) is 103 Å². The SMILES string of the molecule is CC(=O)NCC1CCC(c2nc(-c3cc4cccc(Cl)c4s3)c3c(N)nccn23)CC1.CCc1cccc2cc(-c3nc(C4CCC(CNC(=O)C(F)(F)F)CC4)n4ccnc(N)c34)[nH]c12.COc1cccc(-c2cccc3cc(-c4nc(C5CCC(CNC(C)=O)CC5)n5ncnc(N)c45)[nH]c23)c1.Nc1ncnn2c(C3CCC(C(=O)O)CC3)nc(-c3cc4cccc(Cl)c4[nH]3)c12. The van der Waals surface area contributed by atoms with Gasteiger partial charge in [0.1, 0.15) is 98.2 Å². The summed E-state index contributed by atoms with van der Waals surface area (Å²) in [6.07, 6.45) is 20.2. The zero-order chi connectivity index (χ0) is 92.6. The third-order valence-corrected chi connectivity index (χ3v) is 28.6. The number of carbonyl (C=O) groups excluding carboxylic acids is 3. The summed E-state index contributed by atoms with van der Waals surface area (Å²) < 4.78 is 51.7. The predicted octanol–water partition coefficient (Wildman–Crippen LogP) is 19.0. The summed E-state index contributed by atoms with van der Waals surface area (Å²) in [5, 5.41) is 31.8. The molecule has 12 aromatic heterocycles. The summed E-state index contributed by atoms with van der Waals surface area (Å²) in [6.45, 7) is 6.78. The number of H-pyrrole nitrogens is 3. The number of amides is 3. The number of carbonyl (C=O) groups is 4. The first-order valence-electron chi connectivity index (χ1n) is 44.9. The molecule has 21 rings (SSSR count). The van der Waals surface area contributed by atoms with Crippen LogP contribution in [0.4, 0.5) is 36.4 Å². The summed E-state index contributed by atoms with van der Waals surface area (Å²) in [4.78, 5) is 93.7. The molecule has 0 spiro atoms. The van der Waals surface area contributed by atoms with Crippen molar-refractivity contribution in [2.45, 2.75) is 160 Å². The summed E-state index contributed by atoms with van der Waals surface area (Å²) in [6, 6.07) is 40.5.